The number of urea groups is 1. The van der Waals surface area contributed by atoms with Crippen LogP contribution in [-0.4, -0.2) is 65.0 Å². The van der Waals surface area contributed by atoms with Gasteiger partial charge >= 0.3 is 6.03 Å². The number of nitrogens with zero attached hydrogens (tertiary/aromatic N) is 2. The van der Waals surface area contributed by atoms with E-state index in [0.717, 1.165) is 18.0 Å². The lowest BCUT2D eigenvalue weighted by Gasteiger charge is -2.41. The van der Waals surface area contributed by atoms with E-state index in [9.17, 15) is 4.79 Å². The van der Waals surface area contributed by atoms with Crippen LogP contribution >= 0.6 is 0 Å². The molecule has 0 saturated carbocycles. The van der Waals surface area contributed by atoms with Crippen molar-refractivity contribution in [2.24, 2.45) is 0 Å². The molecular formula is C22H29N3O5. The minimum atomic E-state index is -0.162. The summed E-state index contributed by atoms with van der Waals surface area (Å²) >= 11 is 0. The van der Waals surface area contributed by atoms with Crippen molar-refractivity contribution in [2.45, 2.75) is 13.0 Å². The molecule has 1 fully saturated rings. The van der Waals surface area contributed by atoms with Crippen molar-refractivity contribution in [1.29, 1.82) is 0 Å². The fraction of sp³-hybridized carbons (Fsp3) is 0.409. The molecule has 1 atom stereocenters. The van der Waals surface area contributed by atoms with Gasteiger partial charge in [0.1, 0.15) is 5.75 Å². The summed E-state index contributed by atoms with van der Waals surface area (Å²) in [6.07, 6.45) is 0. The quantitative estimate of drug-likeness (QED) is 0.779. The summed E-state index contributed by atoms with van der Waals surface area (Å²) < 4.78 is 21.3. The first kappa shape index (κ1) is 21.4. The molecule has 0 aromatic heterocycles. The fourth-order valence-corrected chi connectivity index (χ4v) is 3.66. The Hall–Kier alpha value is -3.29. The van der Waals surface area contributed by atoms with Crippen molar-refractivity contribution in [1.82, 2.24) is 4.90 Å². The van der Waals surface area contributed by atoms with Crippen molar-refractivity contribution >= 4 is 17.4 Å². The second-order valence-corrected chi connectivity index (χ2v) is 7.03. The van der Waals surface area contributed by atoms with Crippen LogP contribution in [0.5, 0.6) is 23.0 Å². The first-order valence-electron chi connectivity index (χ1n) is 9.77. The Labute approximate surface area is 177 Å². The third kappa shape index (κ3) is 4.48. The Morgan fingerprint density at radius 2 is 1.57 bits per heavy atom. The first-order chi connectivity index (χ1) is 14.5. The van der Waals surface area contributed by atoms with E-state index in [2.05, 4.69) is 17.1 Å². The summed E-state index contributed by atoms with van der Waals surface area (Å²) in [4.78, 5) is 17.0. The van der Waals surface area contributed by atoms with Crippen molar-refractivity contribution < 1.29 is 23.7 Å². The van der Waals surface area contributed by atoms with E-state index in [1.807, 2.05) is 29.2 Å². The van der Waals surface area contributed by atoms with Crippen molar-refractivity contribution in [3.8, 4) is 23.0 Å². The number of amides is 2. The molecule has 1 N–H and O–H groups in total. The zero-order valence-corrected chi connectivity index (χ0v) is 18.1. The molecule has 1 heterocycles. The average molecular weight is 415 g/mol. The highest BCUT2D eigenvalue weighted by Gasteiger charge is 2.27. The average Bonchev–Trinajstić information content (AvgIpc) is 2.78. The minimum Gasteiger partial charge on any atom is -0.497 e. The number of ether oxygens (including phenoxy) is 4. The first-order valence-corrected chi connectivity index (χ1v) is 9.77. The third-order valence-corrected chi connectivity index (χ3v) is 5.23. The summed E-state index contributed by atoms with van der Waals surface area (Å²) in [6, 6.07) is 11.4. The summed E-state index contributed by atoms with van der Waals surface area (Å²) in [5.41, 5.74) is 1.70. The molecule has 30 heavy (non-hydrogen) atoms. The summed E-state index contributed by atoms with van der Waals surface area (Å²) in [5.74, 6) is 2.30. The van der Waals surface area contributed by atoms with Crippen LogP contribution in [0, 0.1) is 0 Å². The van der Waals surface area contributed by atoms with Crippen LogP contribution in [0.1, 0.15) is 6.92 Å². The number of carbonyl (C=O) groups excluding carboxylic acids is 1. The van der Waals surface area contributed by atoms with E-state index in [1.54, 1.807) is 40.6 Å². The molecule has 2 amide bonds. The van der Waals surface area contributed by atoms with Gasteiger partial charge < -0.3 is 34.1 Å². The number of anilines is 2. The lowest BCUT2D eigenvalue weighted by molar-refractivity contribution is 0.200. The van der Waals surface area contributed by atoms with Gasteiger partial charge in [0, 0.05) is 43.5 Å². The maximum Gasteiger partial charge on any atom is 0.321 e. The van der Waals surface area contributed by atoms with E-state index in [0.29, 0.717) is 36.0 Å². The number of hydrogen-bond acceptors (Lipinski definition) is 6. The SMILES string of the molecule is COc1ccc(N2CCN(C(=O)Nc3cc(OC)c(OC)c(OC)c3)CC2C)cc1. The number of methoxy groups -OCH3 is 4. The van der Waals surface area contributed by atoms with Crippen LogP contribution in [-0.2, 0) is 0 Å². The molecule has 1 aliphatic heterocycles. The van der Waals surface area contributed by atoms with Crippen LogP contribution in [0.2, 0.25) is 0 Å². The highest BCUT2D eigenvalue weighted by atomic mass is 16.5. The van der Waals surface area contributed by atoms with E-state index in [-0.39, 0.29) is 12.1 Å². The maximum absolute atomic E-state index is 12.9. The Bertz CT molecular complexity index is 847. The lowest BCUT2D eigenvalue weighted by atomic mass is 10.1. The second-order valence-electron chi connectivity index (χ2n) is 7.03. The van der Waals surface area contributed by atoms with Gasteiger partial charge in [0.2, 0.25) is 5.75 Å². The van der Waals surface area contributed by atoms with E-state index < -0.39 is 0 Å². The fourth-order valence-electron chi connectivity index (χ4n) is 3.66. The monoisotopic (exact) mass is 415 g/mol. The Morgan fingerprint density at radius 1 is 0.933 bits per heavy atom. The number of rotatable bonds is 6. The topological polar surface area (TPSA) is 72.5 Å². The standard InChI is InChI=1S/C22H29N3O5/c1-15-14-24(10-11-25(15)17-6-8-18(27-2)9-7-17)22(26)23-16-12-19(28-3)21(30-5)20(13-16)29-4/h6-9,12-13,15H,10-11,14H2,1-5H3,(H,23,26). The lowest BCUT2D eigenvalue weighted by Crippen LogP contribution is -2.54. The summed E-state index contributed by atoms with van der Waals surface area (Å²) in [5, 5.41) is 2.94. The molecule has 8 nitrogen and oxygen atoms in total. The number of benzene rings is 2. The minimum absolute atomic E-state index is 0.162. The van der Waals surface area contributed by atoms with Gasteiger partial charge in [-0.3, -0.25) is 0 Å². The second kappa shape index (κ2) is 9.47. The highest BCUT2D eigenvalue weighted by molar-refractivity contribution is 5.90. The largest absolute Gasteiger partial charge is 0.497 e. The van der Waals surface area contributed by atoms with Gasteiger partial charge in [0.25, 0.3) is 0 Å². The molecule has 1 aliphatic rings. The van der Waals surface area contributed by atoms with Gasteiger partial charge in [-0.05, 0) is 31.2 Å². The predicted octanol–water partition coefficient (Wildman–Crippen LogP) is 3.46. The molecule has 2 aromatic carbocycles. The van der Waals surface area contributed by atoms with Crippen molar-refractivity contribution in [3.63, 3.8) is 0 Å². The molecule has 0 radical (unpaired) electrons. The number of carbonyl (C=O) groups is 1. The van der Waals surface area contributed by atoms with E-state index in [1.165, 1.54) is 0 Å². The normalized spacial score (nSPS) is 16.1. The Balaban J connectivity index is 1.67. The van der Waals surface area contributed by atoms with Crippen LogP contribution in [0.3, 0.4) is 0 Å². The predicted molar refractivity (Wildman–Crippen MR) is 116 cm³/mol. The maximum atomic E-state index is 12.9. The third-order valence-electron chi connectivity index (χ3n) is 5.23. The van der Waals surface area contributed by atoms with Gasteiger partial charge in [0.05, 0.1) is 34.1 Å². The summed E-state index contributed by atoms with van der Waals surface area (Å²) in [6.45, 7) is 4.09. The van der Waals surface area contributed by atoms with Gasteiger partial charge in [-0.1, -0.05) is 0 Å². The van der Waals surface area contributed by atoms with Crippen molar-refractivity contribution in [3.05, 3.63) is 36.4 Å². The van der Waals surface area contributed by atoms with E-state index >= 15 is 0 Å². The van der Waals surface area contributed by atoms with Crippen molar-refractivity contribution in [2.75, 3.05) is 58.3 Å². The molecule has 8 heteroatoms. The number of piperazine rings is 1. The van der Waals surface area contributed by atoms with Crippen LogP contribution in [0.4, 0.5) is 16.2 Å². The van der Waals surface area contributed by atoms with Gasteiger partial charge in [-0.2, -0.15) is 0 Å². The van der Waals surface area contributed by atoms with Gasteiger partial charge in [-0.15, -0.1) is 0 Å². The van der Waals surface area contributed by atoms with Crippen LogP contribution in [0.25, 0.3) is 0 Å². The molecule has 0 bridgehead atoms. The molecular weight excluding hydrogens is 386 g/mol. The van der Waals surface area contributed by atoms with Crippen LogP contribution in [0.15, 0.2) is 36.4 Å². The Kier molecular flexibility index (Phi) is 6.76. The zero-order valence-electron chi connectivity index (χ0n) is 18.1. The summed E-state index contributed by atoms with van der Waals surface area (Å²) in [7, 11) is 6.29. The van der Waals surface area contributed by atoms with Crippen LogP contribution < -0.4 is 29.2 Å². The smallest absolute Gasteiger partial charge is 0.321 e. The number of nitrogens with one attached hydrogen (secondary N) is 1. The van der Waals surface area contributed by atoms with E-state index in [4.69, 9.17) is 18.9 Å². The molecule has 162 valence electrons. The van der Waals surface area contributed by atoms with Gasteiger partial charge in [0.15, 0.2) is 11.5 Å². The molecule has 0 aliphatic carbocycles. The van der Waals surface area contributed by atoms with Gasteiger partial charge in [-0.25, -0.2) is 4.79 Å². The molecule has 1 saturated heterocycles. The zero-order chi connectivity index (χ0) is 21.7. The molecule has 3 rings (SSSR count). The number of hydrogen-bond donors (Lipinski definition) is 1. The molecule has 1 unspecified atom stereocenters. The Morgan fingerprint density at radius 3 is 2.07 bits per heavy atom. The molecule has 2 aromatic rings. The highest BCUT2D eigenvalue weighted by Crippen LogP contribution is 2.40. The molecule has 0 spiro atoms.